The molecule has 0 radical (unpaired) electrons. The minimum atomic E-state index is -0.597. The molecule has 0 aliphatic carbocycles. The van der Waals surface area contributed by atoms with Gasteiger partial charge in [0.25, 0.3) is 0 Å². The lowest BCUT2D eigenvalue weighted by atomic mass is 10.2. The van der Waals surface area contributed by atoms with E-state index in [1.54, 1.807) is 18.2 Å². The highest BCUT2D eigenvalue weighted by molar-refractivity contribution is 6.34. The third-order valence-corrected chi connectivity index (χ3v) is 3.15. The Morgan fingerprint density at radius 2 is 2.22 bits per heavy atom. The largest absolute Gasteiger partial charge is 0.489 e. The van der Waals surface area contributed by atoms with E-state index in [2.05, 4.69) is 5.32 Å². The smallest absolute Gasteiger partial charge is 0.139 e. The highest BCUT2D eigenvalue weighted by Crippen LogP contribution is 2.27. The van der Waals surface area contributed by atoms with Crippen LogP contribution in [0.3, 0.4) is 0 Å². The van der Waals surface area contributed by atoms with Gasteiger partial charge in [0, 0.05) is 17.6 Å². The minimum Gasteiger partial charge on any atom is -0.489 e. The number of rotatable bonds is 6. The van der Waals surface area contributed by atoms with E-state index in [0.717, 1.165) is 0 Å². The number of benzene rings is 1. The van der Waals surface area contributed by atoms with Crippen molar-refractivity contribution in [1.29, 1.82) is 0 Å². The van der Waals surface area contributed by atoms with Gasteiger partial charge in [-0.1, -0.05) is 23.2 Å². The van der Waals surface area contributed by atoms with Crippen molar-refractivity contribution in [3.05, 3.63) is 28.2 Å². The number of halogens is 2. The number of aliphatic hydroxyl groups is 1. The lowest BCUT2D eigenvalue weighted by molar-refractivity contribution is -0.0118. The Morgan fingerprint density at radius 1 is 1.44 bits per heavy atom. The van der Waals surface area contributed by atoms with E-state index in [-0.39, 0.29) is 6.61 Å². The molecule has 0 amide bonds. The summed E-state index contributed by atoms with van der Waals surface area (Å²) in [5.74, 6) is 0.482. The van der Waals surface area contributed by atoms with Gasteiger partial charge in [-0.2, -0.15) is 0 Å². The van der Waals surface area contributed by atoms with E-state index in [1.165, 1.54) is 0 Å². The Balaban J connectivity index is 1.73. The summed E-state index contributed by atoms with van der Waals surface area (Å²) < 4.78 is 10.4. The molecule has 1 aromatic rings. The fourth-order valence-electron chi connectivity index (χ4n) is 1.49. The van der Waals surface area contributed by atoms with E-state index in [0.29, 0.717) is 41.6 Å². The highest BCUT2D eigenvalue weighted by Gasteiger charge is 2.18. The molecular formula is C12H15Cl2NO3. The number of hydrogen-bond donors (Lipinski definition) is 2. The first-order valence-corrected chi connectivity index (χ1v) is 6.48. The summed E-state index contributed by atoms with van der Waals surface area (Å²) in [4.78, 5) is 0. The lowest BCUT2D eigenvalue weighted by Crippen LogP contribution is -2.49. The van der Waals surface area contributed by atoms with Crippen LogP contribution < -0.4 is 10.1 Å². The first kappa shape index (κ1) is 13.9. The quantitative estimate of drug-likeness (QED) is 0.838. The van der Waals surface area contributed by atoms with Crippen LogP contribution in [-0.4, -0.2) is 43.6 Å². The molecule has 1 aromatic carbocycles. The average Bonchev–Trinajstić information content (AvgIpc) is 2.28. The van der Waals surface area contributed by atoms with Gasteiger partial charge in [-0.15, -0.1) is 0 Å². The third kappa shape index (κ3) is 4.00. The first-order valence-electron chi connectivity index (χ1n) is 5.72. The maximum absolute atomic E-state index is 9.73. The van der Waals surface area contributed by atoms with E-state index >= 15 is 0 Å². The molecule has 1 unspecified atom stereocenters. The second-order valence-electron chi connectivity index (χ2n) is 4.18. The van der Waals surface area contributed by atoms with Crippen LogP contribution in [0.4, 0.5) is 0 Å². The Bertz CT molecular complexity index is 399. The molecule has 1 saturated heterocycles. The van der Waals surface area contributed by atoms with E-state index < -0.39 is 6.10 Å². The summed E-state index contributed by atoms with van der Waals surface area (Å²) >= 11 is 11.8. The zero-order valence-electron chi connectivity index (χ0n) is 9.73. The monoisotopic (exact) mass is 291 g/mol. The van der Waals surface area contributed by atoms with Crippen molar-refractivity contribution < 1.29 is 14.6 Å². The van der Waals surface area contributed by atoms with Crippen molar-refractivity contribution in [2.75, 3.05) is 26.4 Å². The van der Waals surface area contributed by atoms with Crippen molar-refractivity contribution in [2.45, 2.75) is 12.1 Å². The number of hydrogen-bond acceptors (Lipinski definition) is 4. The molecule has 1 heterocycles. The maximum atomic E-state index is 9.73. The molecule has 100 valence electrons. The van der Waals surface area contributed by atoms with Crippen LogP contribution in [0.25, 0.3) is 0 Å². The van der Waals surface area contributed by atoms with Crippen molar-refractivity contribution in [3.63, 3.8) is 0 Å². The first-order chi connectivity index (χ1) is 8.65. The van der Waals surface area contributed by atoms with Crippen molar-refractivity contribution >= 4 is 23.2 Å². The molecule has 1 atom stereocenters. The average molecular weight is 292 g/mol. The van der Waals surface area contributed by atoms with E-state index in [4.69, 9.17) is 32.7 Å². The zero-order valence-corrected chi connectivity index (χ0v) is 11.2. The van der Waals surface area contributed by atoms with Gasteiger partial charge in [0.05, 0.1) is 24.3 Å². The molecule has 0 bridgehead atoms. The normalized spacial score (nSPS) is 17.3. The summed E-state index contributed by atoms with van der Waals surface area (Å²) in [6.45, 7) is 2.04. The van der Waals surface area contributed by atoms with E-state index in [9.17, 15) is 5.11 Å². The third-order valence-electron chi connectivity index (χ3n) is 2.60. The van der Waals surface area contributed by atoms with E-state index in [1.807, 2.05) is 0 Å². The van der Waals surface area contributed by atoms with Crippen LogP contribution in [-0.2, 0) is 4.74 Å². The summed E-state index contributed by atoms with van der Waals surface area (Å²) in [6, 6.07) is 5.32. The van der Waals surface area contributed by atoms with Crippen molar-refractivity contribution in [3.8, 4) is 5.75 Å². The Kier molecular flexibility index (Phi) is 5.09. The Labute approximate surface area is 116 Å². The van der Waals surface area contributed by atoms with Gasteiger partial charge in [0.15, 0.2) is 0 Å². The van der Waals surface area contributed by atoms with Crippen molar-refractivity contribution in [2.24, 2.45) is 0 Å². The molecule has 1 aliphatic rings. The fraction of sp³-hybridized carbons (Fsp3) is 0.500. The van der Waals surface area contributed by atoms with Crippen LogP contribution in [0.5, 0.6) is 5.75 Å². The van der Waals surface area contributed by atoms with Crippen LogP contribution in [0.1, 0.15) is 0 Å². The molecule has 0 spiro atoms. The second kappa shape index (κ2) is 6.59. The molecule has 1 aliphatic heterocycles. The van der Waals surface area contributed by atoms with Gasteiger partial charge in [0.2, 0.25) is 0 Å². The molecular weight excluding hydrogens is 277 g/mol. The van der Waals surface area contributed by atoms with Crippen LogP contribution in [0.2, 0.25) is 10.0 Å². The Hall–Kier alpha value is -0.520. The highest BCUT2D eigenvalue weighted by atomic mass is 35.5. The fourth-order valence-corrected chi connectivity index (χ4v) is 1.82. The Morgan fingerprint density at radius 3 is 2.89 bits per heavy atom. The summed E-state index contributed by atoms with van der Waals surface area (Å²) in [7, 11) is 0. The molecule has 6 heteroatoms. The molecule has 2 N–H and O–H groups in total. The number of nitrogens with one attached hydrogen (secondary N) is 1. The summed E-state index contributed by atoms with van der Waals surface area (Å²) in [6.07, 6.45) is -0.597. The zero-order chi connectivity index (χ0) is 13.0. The summed E-state index contributed by atoms with van der Waals surface area (Å²) in [5, 5.41) is 13.9. The molecule has 4 nitrogen and oxygen atoms in total. The molecule has 18 heavy (non-hydrogen) atoms. The summed E-state index contributed by atoms with van der Waals surface area (Å²) in [5.41, 5.74) is 0. The topological polar surface area (TPSA) is 50.7 Å². The predicted octanol–water partition coefficient (Wildman–Crippen LogP) is 1.72. The molecule has 0 aromatic heterocycles. The van der Waals surface area contributed by atoms with Gasteiger partial charge in [-0.3, -0.25) is 0 Å². The van der Waals surface area contributed by atoms with Crippen LogP contribution in [0, 0.1) is 0 Å². The van der Waals surface area contributed by atoms with Crippen molar-refractivity contribution in [1.82, 2.24) is 5.32 Å². The maximum Gasteiger partial charge on any atom is 0.139 e. The molecule has 0 saturated carbocycles. The second-order valence-corrected chi connectivity index (χ2v) is 5.03. The van der Waals surface area contributed by atoms with Crippen LogP contribution >= 0.6 is 23.2 Å². The lowest BCUT2D eigenvalue weighted by Gasteiger charge is -2.28. The number of aliphatic hydroxyl groups excluding tert-OH is 1. The standard InChI is InChI=1S/C12H15Cl2NO3/c13-8-1-2-11(14)12(3-8)18-7-10(16)4-15-9-5-17-6-9/h1-3,9-10,15-16H,4-7H2. The van der Waals surface area contributed by atoms with Gasteiger partial charge < -0.3 is 19.9 Å². The van der Waals surface area contributed by atoms with Crippen LogP contribution in [0.15, 0.2) is 18.2 Å². The van der Waals surface area contributed by atoms with Gasteiger partial charge >= 0.3 is 0 Å². The predicted molar refractivity (Wildman–Crippen MR) is 70.6 cm³/mol. The number of ether oxygens (including phenoxy) is 2. The van der Waals surface area contributed by atoms with Gasteiger partial charge in [0.1, 0.15) is 18.5 Å². The molecule has 1 fully saturated rings. The SMILES string of the molecule is OC(CNC1COC1)COc1cc(Cl)ccc1Cl. The van der Waals surface area contributed by atoms with Gasteiger partial charge in [-0.05, 0) is 12.1 Å². The van der Waals surface area contributed by atoms with Gasteiger partial charge in [-0.25, -0.2) is 0 Å². The molecule has 2 rings (SSSR count). The minimum absolute atomic E-state index is 0.167.